The maximum Gasteiger partial charge on any atom is 0.327 e. The number of fused-ring (bicyclic) bond motifs is 1. The highest BCUT2D eigenvalue weighted by Crippen LogP contribution is 2.35. The van der Waals surface area contributed by atoms with Crippen LogP contribution in [0, 0.1) is 5.92 Å². The maximum absolute atomic E-state index is 12.9. The largest absolute Gasteiger partial charge is 0.480 e. The summed E-state index contributed by atoms with van der Waals surface area (Å²) in [5.74, 6) is -1.94. The zero-order chi connectivity index (χ0) is 21.6. The standard InChI is InChI=1S/C21H28N2O4S2/c1-13(24)9-14(10-15-11-22-17-8-6-5-7-16(15)17)19(25)23-18(20(26)27)12-28-29-21(2,3)4/h5-8,11,14,18,22H,9-10,12H2,1-4H3,(H,23,25)(H,26,27)/t14-,18+/m0/s1. The Kier molecular flexibility index (Phi) is 8.22. The molecule has 1 heterocycles. The van der Waals surface area contributed by atoms with Gasteiger partial charge in [-0.15, -0.1) is 0 Å². The van der Waals surface area contributed by atoms with Crippen molar-refractivity contribution >= 4 is 50.2 Å². The molecule has 2 rings (SSSR count). The highest BCUT2D eigenvalue weighted by atomic mass is 33.1. The van der Waals surface area contributed by atoms with Crippen molar-refractivity contribution in [3.8, 4) is 0 Å². The number of hydrogen-bond donors (Lipinski definition) is 3. The van der Waals surface area contributed by atoms with Crippen LogP contribution in [0.4, 0.5) is 0 Å². The van der Waals surface area contributed by atoms with Gasteiger partial charge in [0.05, 0.1) is 0 Å². The monoisotopic (exact) mass is 436 g/mol. The lowest BCUT2D eigenvalue weighted by Gasteiger charge is -2.21. The summed E-state index contributed by atoms with van der Waals surface area (Å²) in [6.45, 7) is 7.58. The summed E-state index contributed by atoms with van der Waals surface area (Å²) in [4.78, 5) is 39.4. The van der Waals surface area contributed by atoms with Crippen molar-refractivity contribution in [3.05, 3.63) is 36.0 Å². The summed E-state index contributed by atoms with van der Waals surface area (Å²) < 4.78 is -0.00969. The van der Waals surface area contributed by atoms with Gasteiger partial charge in [-0.25, -0.2) is 4.79 Å². The molecule has 6 nitrogen and oxygen atoms in total. The summed E-state index contributed by atoms with van der Waals surface area (Å²) in [5, 5.41) is 13.1. The first kappa shape index (κ1) is 23.3. The van der Waals surface area contributed by atoms with Crippen LogP contribution in [-0.4, -0.2) is 44.3 Å². The number of rotatable bonds is 10. The molecule has 1 aromatic carbocycles. The fraction of sp³-hybridized carbons (Fsp3) is 0.476. The molecule has 0 radical (unpaired) electrons. The van der Waals surface area contributed by atoms with Gasteiger partial charge in [0.1, 0.15) is 11.8 Å². The number of aliphatic carboxylic acids is 1. The summed E-state index contributed by atoms with van der Waals surface area (Å²) in [7, 11) is 3.00. The molecular weight excluding hydrogens is 408 g/mol. The number of carboxylic acid groups (broad SMARTS) is 1. The van der Waals surface area contributed by atoms with E-state index in [0.717, 1.165) is 16.5 Å². The fourth-order valence-electron chi connectivity index (χ4n) is 2.91. The third-order valence-electron chi connectivity index (χ3n) is 4.20. The number of carbonyl (C=O) groups excluding carboxylic acids is 2. The van der Waals surface area contributed by atoms with Crippen molar-refractivity contribution in [2.75, 3.05) is 5.75 Å². The van der Waals surface area contributed by atoms with Crippen molar-refractivity contribution < 1.29 is 19.5 Å². The topological polar surface area (TPSA) is 99.3 Å². The minimum absolute atomic E-state index is 0.00969. The molecule has 29 heavy (non-hydrogen) atoms. The van der Waals surface area contributed by atoms with Gasteiger partial charge in [0.25, 0.3) is 0 Å². The van der Waals surface area contributed by atoms with Gasteiger partial charge in [-0.3, -0.25) is 4.79 Å². The number of benzene rings is 1. The number of aromatic amines is 1. The number of hydrogen-bond acceptors (Lipinski definition) is 5. The van der Waals surface area contributed by atoms with Crippen LogP contribution in [-0.2, 0) is 20.8 Å². The number of nitrogens with one attached hydrogen (secondary N) is 2. The van der Waals surface area contributed by atoms with Crippen LogP contribution in [0.3, 0.4) is 0 Å². The Morgan fingerprint density at radius 2 is 1.90 bits per heavy atom. The van der Waals surface area contributed by atoms with Crippen LogP contribution in [0.5, 0.6) is 0 Å². The molecule has 1 amide bonds. The number of carboxylic acids is 1. The number of Topliss-reactive ketones (excluding diaryl/α,β-unsaturated/α-hetero) is 1. The molecule has 2 atom stereocenters. The molecule has 0 aliphatic heterocycles. The SMILES string of the molecule is CC(=O)C[C@@H](Cc1c[nH]c2ccccc12)C(=O)N[C@H](CSSC(C)(C)C)C(=O)O. The van der Waals surface area contributed by atoms with E-state index in [4.69, 9.17) is 0 Å². The molecular formula is C21H28N2O4S2. The zero-order valence-electron chi connectivity index (χ0n) is 17.2. The molecule has 0 saturated carbocycles. The Bertz CT molecular complexity index is 873. The Morgan fingerprint density at radius 1 is 1.21 bits per heavy atom. The lowest BCUT2D eigenvalue weighted by Crippen LogP contribution is -2.45. The van der Waals surface area contributed by atoms with Gasteiger partial charge >= 0.3 is 5.97 Å². The molecule has 2 aromatic rings. The van der Waals surface area contributed by atoms with Crippen molar-refractivity contribution in [2.24, 2.45) is 5.92 Å². The van der Waals surface area contributed by atoms with E-state index >= 15 is 0 Å². The van der Waals surface area contributed by atoms with Crippen LogP contribution in [0.15, 0.2) is 30.5 Å². The zero-order valence-corrected chi connectivity index (χ0v) is 18.8. The molecule has 0 aliphatic rings. The van der Waals surface area contributed by atoms with Gasteiger partial charge in [0, 0.05) is 39.9 Å². The van der Waals surface area contributed by atoms with Gasteiger partial charge in [-0.05, 0) is 25.0 Å². The lowest BCUT2D eigenvalue weighted by atomic mass is 9.93. The molecule has 0 spiro atoms. The number of ketones is 1. The molecule has 158 valence electrons. The fourth-order valence-corrected chi connectivity index (χ4v) is 5.37. The van der Waals surface area contributed by atoms with Crippen LogP contribution in [0.25, 0.3) is 10.9 Å². The van der Waals surface area contributed by atoms with E-state index in [1.165, 1.54) is 17.7 Å². The predicted molar refractivity (Wildman–Crippen MR) is 120 cm³/mol. The second-order valence-electron chi connectivity index (χ2n) is 8.05. The van der Waals surface area contributed by atoms with Gasteiger partial charge < -0.3 is 20.2 Å². The minimum atomic E-state index is -1.07. The molecule has 0 unspecified atom stereocenters. The van der Waals surface area contributed by atoms with E-state index in [1.54, 1.807) is 10.8 Å². The van der Waals surface area contributed by atoms with E-state index in [1.807, 2.05) is 51.2 Å². The average molecular weight is 437 g/mol. The van der Waals surface area contributed by atoms with E-state index in [0.29, 0.717) is 6.42 Å². The molecule has 3 N–H and O–H groups in total. The molecule has 0 fully saturated rings. The van der Waals surface area contributed by atoms with Crippen LogP contribution in [0.1, 0.15) is 39.7 Å². The summed E-state index contributed by atoms with van der Waals surface area (Å²) in [5.41, 5.74) is 1.90. The van der Waals surface area contributed by atoms with Gasteiger partial charge in [-0.1, -0.05) is 60.6 Å². The smallest absolute Gasteiger partial charge is 0.327 e. The van der Waals surface area contributed by atoms with Crippen LogP contribution >= 0.6 is 21.6 Å². The summed E-state index contributed by atoms with van der Waals surface area (Å²) >= 11 is 0. The molecule has 0 aliphatic carbocycles. The number of carbonyl (C=O) groups is 3. The van der Waals surface area contributed by atoms with Crippen molar-refractivity contribution in [2.45, 2.75) is 51.3 Å². The van der Waals surface area contributed by atoms with E-state index in [-0.39, 0.29) is 22.7 Å². The second-order valence-corrected chi connectivity index (χ2v) is 11.2. The number of amides is 1. The number of para-hydroxylation sites is 1. The van der Waals surface area contributed by atoms with E-state index < -0.39 is 23.8 Å². The van der Waals surface area contributed by atoms with Crippen LogP contribution < -0.4 is 5.32 Å². The third kappa shape index (κ3) is 7.44. The first-order valence-electron chi connectivity index (χ1n) is 9.45. The lowest BCUT2D eigenvalue weighted by molar-refractivity contribution is -0.141. The highest BCUT2D eigenvalue weighted by Gasteiger charge is 2.27. The van der Waals surface area contributed by atoms with Gasteiger partial charge in [0.2, 0.25) is 5.91 Å². The quantitative estimate of drug-likeness (QED) is 0.486. The normalized spacial score (nSPS) is 13.8. The average Bonchev–Trinajstić information content (AvgIpc) is 3.02. The first-order chi connectivity index (χ1) is 13.6. The Balaban J connectivity index is 2.10. The third-order valence-corrected chi connectivity index (χ3v) is 7.55. The van der Waals surface area contributed by atoms with E-state index in [2.05, 4.69) is 10.3 Å². The predicted octanol–water partition coefficient (Wildman–Crippen LogP) is 4.06. The van der Waals surface area contributed by atoms with Crippen molar-refractivity contribution in [3.63, 3.8) is 0 Å². The van der Waals surface area contributed by atoms with Gasteiger partial charge in [0.15, 0.2) is 0 Å². The van der Waals surface area contributed by atoms with Gasteiger partial charge in [-0.2, -0.15) is 0 Å². The Labute approximate surface area is 179 Å². The molecule has 8 heteroatoms. The molecule has 0 saturated heterocycles. The number of aromatic nitrogens is 1. The maximum atomic E-state index is 12.9. The Hall–Kier alpha value is -1.93. The van der Waals surface area contributed by atoms with Crippen molar-refractivity contribution in [1.82, 2.24) is 10.3 Å². The van der Waals surface area contributed by atoms with Crippen LogP contribution in [0.2, 0.25) is 0 Å². The minimum Gasteiger partial charge on any atom is -0.480 e. The highest BCUT2D eigenvalue weighted by molar-refractivity contribution is 8.77. The summed E-state index contributed by atoms with van der Waals surface area (Å²) in [6.07, 6.45) is 2.28. The Morgan fingerprint density at radius 3 is 2.52 bits per heavy atom. The molecule has 0 bridgehead atoms. The van der Waals surface area contributed by atoms with E-state index in [9.17, 15) is 19.5 Å². The number of H-pyrrole nitrogens is 1. The molecule has 1 aromatic heterocycles. The second kappa shape index (κ2) is 10.2. The first-order valence-corrected chi connectivity index (χ1v) is 11.8. The summed E-state index contributed by atoms with van der Waals surface area (Å²) in [6, 6.07) is 6.75. The van der Waals surface area contributed by atoms with Crippen molar-refractivity contribution in [1.29, 1.82) is 0 Å².